The van der Waals surface area contributed by atoms with E-state index in [9.17, 15) is 0 Å². The number of rotatable bonds is 0. The van der Waals surface area contributed by atoms with Crippen molar-refractivity contribution in [2.24, 2.45) is 0 Å². The van der Waals surface area contributed by atoms with E-state index in [4.69, 9.17) is 9.47 Å². The molecule has 2 heterocycles. The van der Waals surface area contributed by atoms with Crippen LogP contribution in [0.4, 0.5) is 0 Å². The molecular weight excluding hydrogens is 116 g/mol. The molecule has 0 N–H and O–H groups in total. The standard InChI is InChI=1S/C7H6O2/c1-2-6-3-5-9-7(6)8-4-1/h1-5,7H. The van der Waals surface area contributed by atoms with Gasteiger partial charge in [-0.1, -0.05) is 0 Å². The molecule has 2 aliphatic heterocycles. The van der Waals surface area contributed by atoms with E-state index in [1.54, 1.807) is 12.5 Å². The average Bonchev–Trinajstić information content (AvgIpc) is 2.33. The number of hydrogen-bond acceptors (Lipinski definition) is 2. The Morgan fingerprint density at radius 1 is 1.22 bits per heavy atom. The molecule has 2 rings (SSSR count). The highest BCUT2D eigenvalue weighted by Crippen LogP contribution is 2.20. The zero-order valence-electron chi connectivity index (χ0n) is 4.78. The second-order valence-electron chi connectivity index (χ2n) is 1.90. The zero-order valence-corrected chi connectivity index (χ0v) is 4.78. The summed E-state index contributed by atoms with van der Waals surface area (Å²) in [4.78, 5) is 0. The zero-order chi connectivity index (χ0) is 6.10. The van der Waals surface area contributed by atoms with Gasteiger partial charge in [-0.2, -0.15) is 0 Å². The maximum absolute atomic E-state index is 5.07. The van der Waals surface area contributed by atoms with Gasteiger partial charge in [-0.3, -0.25) is 0 Å². The fraction of sp³-hybridized carbons (Fsp3) is 0.143. The topological polar surface area (TPSA) is 18.5 Å². The Kier molecular flexibility index (Phi) is 0.859. The summed E-state index contributed by atoms with van der Waals surface area (Å²) in [5, 5.41) is 0. The van der Waals surface area contributed by atoms with Gasteiger partial charge in [0, 0.05) is 5.57 Å². The molecule has 0 saturated carbocycles. The monoisotopic (exact) mass is 122 g/mol. The smallest absolute Gasteiger partial charge is 0.266 e. The summed E-state index contributed by atoms with van der Waals surface area (Å²) < 4.78 is 10.1. The molecule has 2 aliphatic rings. The molecule has 0 aromatic heterocycles. The molecule has 0 aromatic carbocycles. The van der Waals surface area contributed by atoms with Crippen molar-refractivity contribution in [3.8, 4) is 0 Å². The Bertz CT molecular complexity index is 201. The van der Waals surface area contributed by atoms with Crippen LogP contribution in [0.25, 0.3) is 0 Å². The first-order chi connectivity index (χ1) is 4.47. The van der Waals surface area contributed by atoms with Crippen molar-refractivity contribution in [2.45, 2.75) is 6.29 Å². The molecule has 0 fully saturated rings. The van der Waals surface area contributed by atoms with Crippen LogP contribution >= 0.6 is 0 Å². The molecule has 1 unspecified atom stereocenters. The lowest BCUT2D eigenvalue weighted by Gasteiger charge is -2.13. The Morgan fingerprint density at radius 2 is 2.11 bits per heavy atom. The summed E-state index contributed by atoms with van der Waals surface area (Å²) in [7, 11) is 0. The van der Waals surface area contributed by atoms with Crippen molar-refractivity contribution in [1.29, 1.82) is 0 Å². The summed E-state index contributed by atoms with van der Waals surface area (Å²) in [6.07, 6.45) is 8.82. The van der Waals surface area contributed by atoms with Gasteiger partial charge in [0.2, 0.25) is 0 Å². The van der Waals surface area contributed by atoms with Crippen LogP contribution in [0.2, 0.25) is 0 Å². The molecule has 0 radical (unpaired) electrons. The average molecular weight is 122 g/mol. The number of allylic oxidation sites excluding steroid dienone is 2. The lowest BCUT2D eigenvalue weighted by molar-refractivity contribution is -0.0209. The van der Waals surface area contributed by atoms with E-state index >= 15 is 0 Å². The van der Waals surface area contributed by atoms with E-state index in [1.165, 1.54) is 0 Å². The van der Waals surface area contributed by atoms with Crippen molar-refractivity contribution in [1.82, 2.24) is 0 Å². The van der Waals surface area contributed by atoms with E-state index in [2.05, 4.69) is 0 Å². The molecule has 0 spiro atoms. The third kappa shape index (κ3) is 0.633. The van der Waals surface area contributed by atoms with E-state index in [0.717, 1.165) is 5.57 Å². The lowest BCUT2D eigenvalue weighted by Crippen LogP contribution is -2.10. The van der Waals surface area contributed by atoms with Crippen LogP contribution in [0.15, 0.2) is 36.3 Å². The van der Waals surface area contributed by atoms with Crippen LogP contribution in [-0.2, 0) is 9.47 Å². The second-order valence-corrected chi connectivity index (χ2v) is 1.90. The summed E-state index contributed by atoms with van der Waals surface area (Å²) >= 11 is 0. The minimum absolute atomic E-state index is 0.171. The van der Waals surface area contributed by atoms with Gasteiger partial charge >= 0.3 is 0 Å². The SMILES string of the molecule is C1=COC2OC=CC2=C1. The molecule has 0 amide bonds. The van der Waals surface area contributed by atoms with Gasteiger partial charge in [0.05, 0.1) is 12.5 Å². The minimum Gasteiger partial charge on any atom is -0.458 e. The number of hydrogen-bond donors (Lipinski definition) is 0. The molecule has 2 nitrogen and oxygen atoms in total. The van der Waals surface area contributed by atoms with E-state index in [0.29, 0.717) is 0 Å². The summed E-state index contributed by atoms with van der Waals surface area (Å²) in [6.45, 7) is 0. The molecule has 9 heavy (non-hydrogen) atoms. The number of fused-ring (bicyclic) bond motifs is 1. The molecule has 0 aromatic rings. The van der Waals surface area contributed by atoms with E-state index in [-0.39, 0.29) is 6.29 Å². The first-order valence-electron chi connectivity index (χ1n) is 2.81. The Labute approximate surface area is 53.1 Å². The van der Waals surface area contributed by atoms with Gasteiger partial charge in [-0.25, -0.2) is 0 Å². The van der Waals surface area contributed by atoms with Gasteiger partial charge in [-0.15, -0.1) is 0 Å². The molecule has 0 saturated heterocycles. The van der Waals surface area contributed by atoms with Crippen molar-refractivity contribution < 1.29 is 9.47 Å². The van der Waals surface area contributed by atoms with Crippen LogP contribution in [0, 0.1) is 0 Å². The molecule has 0 aliphatic carbocycles. The summed E-state index contributed by atoms with van der Waals surface area (Å²) in [6, 6.07) is 0. The molecule has 1 atom stereocenters. The van der Waals surface area contributed by atoms with Crippen molar-refractivity contribution in [3.63, 3.8) is 0 Å². The third-order valence-electron chi connectivity index (χ3n) is 1.30. The van der Waals surface area contributed by atoms with E-state index in [1.807, 2.05) is 18.2 Å². The maximum atomic E-state index is 5.07. The molecule has 0 bridgehead atoms. The lowest BCUT2D eigenvalue weighted by atomic mass is 10.2. The largest absolute Gasteiger partial charge is 0.458 e. The van der Waals surface area contributed by atoms with Crippen LogP contribution in [0.1, 0.15) is 0 Å². The number of ether oxygens (including phenoxy) is 2. The fourth-order valence-electron chi connectivity index (χ4n) is 0.858. The summed E-state index contributed by atoms with van der Waals surface area (Å²) in [5.41, 5.74) is 1.08. The van der Waals surface area contributed by atoms with Gasteiger partial charge in [0.25, 0.3) is 6.29 Å². The highest BCUT2D eigenvalue weighted by atomic mass is 16.7. The van der Waals surface area contributed by atoms with Crippen molar-refractivity contribution >= 4 is 0 Å². The Morgan fingerprint density at radius 3 is 3.00 bits per heavy atom. The van der Waals surface area contributed by atoms with E-state index < -0.39 is 0 Å². The maximum Gasteiger partial charge on any atom is 0.266 e. The molecule has 46 valence electrons. The minimum atomic E-state index is -0.171. The highest BCUT2D eigenvalue weighted by molar-refractivity contribution is 5.30. The first-order valence-corrected chi connectivity index (χ1v) is 2.81. The fourth-order valence-corrected chi connectivity index (χ4v) is 0.858. The van der Waals surface area contributed by atoms with Crippen LogP contribution in [0.5, 0.6) is 0 Å². The molecule has 2 heteroatoms. The highest BCUT2D eigenvalue weighted by Gasteiger charge is 2.18. The second kappa shape index (κ2) is 1.65. The first kappa shape index (κ1) is 4.68. The Hall–Kier alpha value is -1.18. The van der Waals surface area contributed by atoms with Gasteiger partial charge in [0.1, 0.15) is 0 Å². The van der Waals surface area contributed by atoms with Crippen LogP contribution < -0.4 is 0 Å². The van der Waals surface area contributed by atoms with Gasteiger partial charge in [-0.05, 0) is 18.2 Å². The van der Waals surface area contributed by atoms with Gasteiger partial charge < -0.3 is 9.47 Å². The van der Waals surface area contributed by atoms with Gasteiger partial charge in [0.15, 0.2) is 0 Å². The quantitative estimate of drug-likeness (QED) is 0.482. The predicted molar refractivity (Wildman–Crippen MR) is 32.3 cm³/mol. The Balaban J connectivity index is 2.31. The third-order valence-corrected chi connectivity index (χ3v) is 1.30. The van der Waals surface area contributed by atoms with Crippen molar-refractivity contribution in [2.75, 3.05) is 0 Å². The van der Waals surface area contributed by atoms with Crippen LogP contribution in [0.3, 0.4) is 0 Å². The van der Waals surface area contributed by atoms with Crippen LogP contribution in [-0.4, -0.2) is 6.29 Å². The predicted octanol–water partition coefficient (Wildman–Crippen LogP) is 1.33. The molecular formula is C7H6O2. The van der Waals surface area contributed by atoms with Crippen molar-refractivity contribution in [3.05, 3.63) is 36.3 Å². The normalized spacial score (nSPS) is 28.4. The summed E-state index contributed by atoms with van der Waals surface area (Å²) in [5.74, 6) is 0.